The number of nitrogens with zero attached hydrogens (tertiary/aromatic N) is 1. The molecular formula is C10H14N2O3. The van der Waals surface area contributed by atoms with Crippen LogP contribution in [0.15, 0.2) is 6.07 Å². The van der Waals surface area contributed by atoms with Gasteiger partial charge in [0.2, 0.25) is 0 Å². The summed E-state index contributed by atoms with van der Waals surface area (Å²) in [7, 11) is 1.71. The summed E-state index contributed by atoms with van der Waals surface area (Å²) in [6.07, 6.45) is 0. The van der Waals surface area contributed by atoms with Gasteiger partial charge in [0.15, 0.2) is 5.75 Å². The molecule has 0 aromatic carbocycles. The van der Waals surface area contributed by atoms with E-state index in [1.54, 1.807) is 17.7 Å². The highest BCUT2D eigenvalue weighted by Gasteiger charge is 2.30. The van der Waals surface area contributed by atoms with Gasteiger partial charge in [0.05, 0.1) is 6.54 Å². The minimum Gasteiger partial charge on any atom is -0.482 e. The average Bonchev–Trinajstić information content (AvgIpc) is 2.41. The second-order valence-electron chi connectivity index (χ2n) is 4.32. The lowest BCUT2D eigenvalue weighted by molar-refractivity contribution is 0.0686. The van der Waals surface area contributed by atoms with Crippen LogP contribution in [-0.4, -0.2) is 27.8 Å². The molecule has 5 nitrogen and oxygen atoms in total. The number of carboxylic acids is 1. The minimum atomic E-state index is -0.949. The second kappa shape index (κ2) is 2.92. The number of carbonyl (C=O) groups is 1. The molecule has 1 aliphatic rings. The lowest BCUT2D eigenvalue weighted by Gasteiger charge is -2.32. The molecule has 2 rings (SSSR count). The van der Waals surface area contributed by atoms with Crippen LogP contribution in [0.5, 0.6) is 5.75 Å². The zero-order valence-electron chi connectivity index (χ0n) is 9.00. The van der Waals surface area contributed by atoms with Crippen molar-refractivity contribution in [1.82, 2.24) is 4.57 Å². The molecule has 1 aromatic heterocycles. The summed E-state index contributed by atoms with van der Waals surface area (Å²) in [6.45, 7) is 4.57. The fraction of sp³-hybridized carbons (Fsp3) is 0.500. The number of rotatable bonds is 1. The Hall–Kier alpha value is -1.65. The number of anilines is 1. The fourth-order valence-corrected chi connectivity index (χ4v) is 1.69. The number of ether oxygens (including phenoxy) is 1. The van der Waals surface area contributed by atoms with E-state index in [0.29, 0.717) is 12.3 Å². The Balaban J connectivity index is 2.46. The first-order chi connectivity index (χ1) is 6.91. The van der Waals surface area contributed by atoms with Crippen molar-refractivity contribution in [3.05, 3.63) is 11.8 Å². The molecule has 0 amide bonds. The Labute approximate surface area is 87.7 Å². The molecule has 0 unspecified atom stereocenters. The number of fused-ring (bicyclic) bond motifs is 1. The second-order valence-corrected chi connectivity index (χ2v) is 4.32. The van der Waals surface area contributed by atoms with Crippen LogP contribution in [0.25, 0.3) is 0 Å². The Morgan fingerprint density at radius 2 is 2.33 bits per heavy atom. The maximum absolute atomic E-state index is 10.9. The molecular weight excluding hydrogens is 196 g/mol. The van der Waals surface area contributed by atoms with E-state index in [1.165, 1.54) is 0 Å². The summed E-state index contributed by atoms with van der Waals surface area (Å²) in [5.41, 5.74) is -0.0744. The number of aromatic carboxylic acids is 1. The molecule has 0 saturated carbocycles. The Kier molecular flexibility index (Phi) is 1.92. The number of nitrogens with one attached hydrogen (secondary N) is 1. The molecule has 0 bridgehead atoms. The summed E-state index contributed by atoms with van der Waals surface area (Å²) < 4.78 is 7.27. The van der Waals surface area contributed by atoms with E-state index in [9.17, 15) is 4.79 Å². The molecule has 1 aromatic rings. The van der Waals surface area contributed by atoms with E-state index in [2.05, 4.69) is 5.32 Å². The molecule has 5 heteroatoms. The molecule has 0 atom stereocenters. The maximum Gasteiger partial charge on any atom is 0.352 e. The quantitative estimate of drug-likeness (QED) is 0.733. The van der Waals surface area contributed by atoms with E-state index >= 15 is 0 Å². The van der Waals surface area contributed by atoms with Crippen molar-refractivity contribution < 1.29 is 14.6 Å². The molecule has 0 spiro atoms. The first kappa shape index (κ1) is 9.89. The molecule has 1 aliphatic heterocycles. The monoisotopic (exact) mass is 210 g/mol. The Morgan fingerprint density at radius 1 is 1.67 bits per heavy atom. The van der Waals surface area contributed by atoms with Gasteiger partial charge in [0, 0.05) is 13.1 Å². The van der Waals surface area contributed by atoms with Gasteiger partial charge >= 0.3 is 5.97 Å². The van der Waals surface area contributed by atoms with Crippen LogP contribution >= 0.6 is 0 Å². The number of hydrogen-bond acceptors (Lipinski definition) is 3. The van der Waals surface area contributed by atoms with E-state index in [0.717, 1.165) is 5.82 Å². The zero-order valence-corrected chi connectivity index (χ0v) is 9.00. The van der Waals surface area contributed by atoms with Gasteiger partial charge in [-0.25, -0.2) is 4.79 Å². The molecule has 0 aliphatic carbocycles. The maximum atomic E-state index is 10.9. The van der Waals surface area contributed by atoms with Gasteiger partial charge in [-0.15, -0.1) is 0 Å². The molecule has 15 heavy (non-hydrogen) atoms. The van der Waals surface area contributed by atoms with Crippen molar-refractivity contribution in [2.75, 3.05) is 11.9 Å². The van der Waals surface area contributed by atoms with Gasteiger partial charge < -0.3 is 19.7 Å². The standard InChI is InChI=1S/C10H14N2O3/c1-10(2)5-11-8-7(15-10)4-6(9(13)14)12(8)3/h4,11H,5H2,1-3H3,(H,13,14). The minimum absolute atomic E-state index is 0.227. The van der Waals surface area contributed by atoms with Gasteiger partial charge in [-0.05, 0) is 13.8 Å². The van der Waals surface area contributed by atoms with Crippen LogP contribution in [0.1, 0.15) is 24.3 Å². The first-order valence-electron chi connectivity index (χ1n) is 4.76. The molecule has 0 radical (unpaired) electrons. The molecule has 2 N–H and O–H groups in total. The van der Waals surface area contributed by atoms with Gasteiger partial charge in [-0.2, -0.15) is 0 Å². The highest BCUT2D eigenvalue weighted by atomic mass is 16.5. The summed E-state index contributed by atoms with van der Waals surface area (Å²) >= 11 is 0. The summed E-state index contributed by atoms with van der Waals surface area (Å²) in [5.74, 6) is 0.382. The normalized spacial score (nSPS) is 17.5. The predicted octanol–water partition coefficient (Wildman–Crippen LogP) is 1.31. The SMILES string of the molecule is Cn1c(C(=O)O)cc2c1NCC(C)(C)O2. The summed E-state index contributed by atoms with van der Waals surface area (Å²) in [4.78, 5) is 10.9. The predicted molar refractivity (Wildman–Crippen MR) is 55.6 cm³/mol. The number of aromatic nitrogens is 1. The third kappa shape index (κ3) is 1.54. The van der Waals surface area contributed by atoms with Gasteiger partial charge in [-0.3, -0.25) is 0 Å². The number of carboxylic acid groups (broad SMARTS) is 1. The smallest absolute Gasteiger partial charge is 0.352 e. The lowest BCUT2D eigenvalue weighted by Crippen LogP contribution is -2.40. The van der Waals surface area contributed by atoms with Gasteiger partial charge in [-0.1, -0.05) is 0 Å². The van der Waals surface area contributed by atoms with Crippen molar-refractivity contribution in [2.45, 2.75) is 19.4 Å². The third-order valence-corrected chi connectivity index (χ3v) is 2.48. The average molecular weight is 210 g/mol. The van der Waals surface area contributed by atoms with Gasteiger partial charge in [0.1, 0.15) is 17.1 Å². The van der Waals surface area contributed by atoms with Crippen LogP contribution in [0.2, 0.25) is 0 Å². The molecule has 0 saturated heterocycles. The number of hydrogen-bond donors (Lipinski definition) is 2. The summed E-state index contributed by atoms with van der Waals surface area (Å²) in [6, 6.07) is 1.55. The van der Waals surface area contributed by atoms with Crippen molar-refractivity contribution in [1.29, 1.82) is 0 Å². The highest BCUT2D eigenvalue weighted by Crippen LogP contribution is 2.35. The summed E-state index contributed by atoms with van der Waals surface area (Å²) in [5, 5.41) is 12.1. The third-order valence-electron chi connectivity index (χ3n) is 2.48. The van der Waals surface area contributed by atoms with Crippen LogP contribution in [0, 0.1) is 0 Å². The first-order valence-corrected chi connectivity index (χ1v) is 4.76. The van der Waals surface area contributed by atoms with Gasteiger partial charge in [0.25, 0.3) is 0 Å². The van der Waals surface area contributed by atoms with E-state index in [-0.39, 0.29) is 11.3 Å². The lowest BCUT2D eigenvalue weighted by atomic mass is 10.1. The van der Waals surface area contributed by atoms with Crippen molar-refractivity contribution >= 4 is 11.8 Å². The molecule has 0 fully saturated rings. The Morgan fingerprint density at radius 3 is 2.93 bits per heavy atom. The molecule has 82 valence electrons. The van der Waals surface area contributed by atoms with Crippen molar-refractivity contribution in [2.24, 2.45) is 7.05 Å². The van der Waals surface area contributed by atoms with Crippen LogP contribution in [0.4, 0.5) is 5.82 Å². The van der Waals surface area contributed by atoms with E-state index in [4.69, 9.17) is 9.84 Å². The fourth-order valence-electron chi connectivity index (χ4n) is 1.69. The van der Waals surface area contributed by atoms with Crippen molar-refractivity contribution in [3.8, 4) is 5.75 Å². The van der Waals surface area contributed by atoms with Crippen molar-refractivity contribution in [3.63, 3.8) is 0 Å². The van der Waals surface area contributed by atoms with E-state index in [1.807, 2.05) is 13.8 Å². The van der Waals surface area contributed by atoms with Crippen LogP contribution in [-0.2, 0) is 7.05 Å². The topological polar surface area (TPSA) is 63.5 Å². The van der Waals surface area contributed by atoms with Crippen LogP contribution in [0.3, 0.4) is 0 Å². The highest BCUT2D eigenvalue weighted by molar-refractivity contribution is 5.88. The molecule has 2 heterocycles. The Bertz CT molecular complexity index is 421. The van der Waals surface area contributed by atoms with Crippen LogP contribution < -0.4 is 10.1 Å². The van der Waals surface area contributed by atoms with E-state index < -0.39 is 5.97 Å². The largest absolute Gasteiger partial charge is 0.482 e. The zero-order chi connectivity index (χ0) is 11.2.